The monoisotopic (exact) mass is 614 g/mol. The molecule has 0 spiro atoms. The Morgan fingerprint density at radius 3 is 2.53 bits per heavy atom. The van der Waals surface area contributed by atoms with Crippen LogP contribution in [0.25, 0.3) is 22.0 Å². The summed E-state index contributed by atoms with van der Waals surface area (Å²) in [4.78, 5) is 17.1. The van der Waals surface area contributed by atoms with Crippen LogP contribution in [0.5, 0.6) is 0 Å². The van der Waals surface area contributed by atoms with Gasteiger partial charge in [0.1, 0.15) is 17.9 Å². The Morgan fingerprint density at radius 2 is 1.89 bits per heavy atom. The highest BCUT2D eigenvalue weighted by molar-refractivity contribution is 6.04. The molecule has 1 saturated carbocycles. The lowest BCUT2D eigenvalue weighted by atomic mass is 9.95. The van der Waals surface area contributed by atoms with Crippen LogP contribution in [0.3, 0.4) is 0 Å². The van der Waals surface area contributed by atoms with E-state index in [1.165, 1.54) is 17.4 Å². The number of fused-ring (bicyclic) bond motifs is 1. The van der Waals surface area contributed by atoms with Gasteiger partial charge in [0.2, 0.25) is 5.95 Å². The van der Waals surface area contributed by atoms with Gasteiger partial charge in [0, 0.05) is 64.8 Å². The van der Waals surface area contributed by atoms with Crippen molar-refractivity contribution in [1.29, 1.82) is 5.26 Å². The number of pyridine rings is 2. The molecule has 0 amide bonds. The fourth-order valence-corrected chi connectivity index (χ4v) is 5.42. The zero-order valence-corrected chi connectivity index (χ0v) is 25.3. The predicted octanol–water partition coefficient (Wildman–Crippen LogP) is 5.98. The van der Waals surface area contributed by atoms with E-state index in [0.29, 0.717) is 75.3 Å². The van der Waals surface area contributed by atoms with Crippen molar-refractivity contribution < 1.29 is 13.2 Å². The number of benzene rings is 1. The highest BCUT2D eigenvalue weighted by Gasteiger charge is 2.56. The van der Waals surface area contributed by atoms with Gasteiger partial charge in [-0.15, -0.1) is 5.53 Å². The third-order valence-corrected chi connectivity index (χ3v) is 8.02. The van der Waals surface area contributed by atoms with Crippen LogP contribution < -0.4 is 21.6 Å². The average Bonchev–Trinajstić information content (AvgIpc) is 3.68. The summed E-state index contributed by atoms with van der Waals surface area (Å²) >= 11 is 0. The summed E-state index contributed by atoms with van der Waals surface area (Å²) in [6.07, 6.45) is 6.14. The van der Waals surface area contributed by atoms with Crippen molar-refractivity contribution in [3.63, 3.8) is 0 Å². The smallest absolute Gasteiger partial charge is 0.262 e. The summed E-state index contributed by atoms with van der Waals surface area (Å²) < 4.78 is 42.0. The summed E-state index contributed by atoms with van der Waals surface area (Å²) in [6, 6.07) is 8.28. The van der Waals surface area contributed by atoms with Crippen LogP contribution in [0.15, 0.2) is 61.1 Å². The number of aryl methyl sites for hydroxylation is 1. The molecule has 4 N–H and O–H groups in total. The van der Waals surface area contributed by atoms with E-state index in [1.807, 2.05) is 12.1 Å². The number of anilines is 2. The third kappa shape index (κ3) is 5.93. The number of halogens is 3. The van der Waals surface area contributed by atoms with Crippen LogP contribution >= 0.6 is 0 Å². The van der Waals surface area contributed by atoms with E-state index in [4.69, 9.17) is 0 Å². The summed E-state index contributed by atoms with van der Waals surface area (Å²) in [5.74, 6) is -0.625. The third-order valence-electron chi connectivity index (χ3n) is 8.02. The molecule has 1 aliphatic carbocycles. The van der Waals surface area contributed by atoms with Gasteiger partial charge in [-0.3, -0.25) is 9.99 Å². The van der Waals surface area contributed by atoms with Crippen molar-refractivity contribution in [2.75, 3.05) is 17.2 Å². The first-order chi connectivity index (χ1) is 21.5. The van der Waals surface area contributed by atoms with E-state index < -0.39 is 24.0 Å². The maximum Gasteiger partial charge on any atom is 0.262 e. The predicted molar refractivity (Wildman–Crippen MR) is 165 cm³/mol. The van der Waals surface area contributed by atoms with Crippen molar-refractivity contribution >= 4 is 22.3 Å². The largest absolute Gasteiger partial charge is 0.383 e. The molecule has 1 aliphatic heterocycles. The molecule has 3 aromatic heterocycles. The number of aromatic nitrogens is 4. The normalized spacial score (nSPS) is 16.2. The van der Waals surface area contributed by atoms with E-state index >= 15 is 0 Å². The van der Waals surface area contributed by atoms with E-state index in [0.717, 1.165) is 0 Å². The Bertz CT molecular complexity index is 1810. The zero-order chi connectivity index (χ0) is 31.9. The Kier molecular flexibility index (Phi) is 7.70. The molecule has 0 unspecified atom stereocenters. The molecule has 0 saturated heterocycles. The molecule has 13 heteroatoms. The fourth-order valence-electron chi connectivity index (χ4n) is 5.42. The lowest BCUT2D eigenvalue weighted by molar-refractivity contribution is 0.00911. The Morgan fingerprint density at radius 1 is 1.13 bits per heavy atom. The van der Waals surface area contributed by atoms with Crippen molar-refractivity contribution in [3.05, 3.63) is 83.8 Å². The topological polar surface area (TPSA) is 127 Å². The number of rotatable bonds is 9. The second kappa shape index (κ2) is 11.5. The molecule has 2 aliphatic rings. The van der Waals surface area contributed by atoms with E-state index in [9.17, 15) is 18.4 Å². The van der Waals surface area contributed by atoms with Crippen LogP contribution in [-0.4, -0.2) is 43.5 Å². The molecule has 10 nitrogen and oxygen atoms in total. The van der Waals surface area contributed by atoms with Crippen LogP contribution in [0.2, 0.25) is 0 Å². The minimum Gasteiger partial charge on any atom is -0.383 e. The van der Waals surface area contributed by atoms with Gasteiger partial charge in [-0.05, 0) is 43.4 Å². The van der Waals surface area contributed by atoms with Gasteiger partial charge >= 0.3 is 0 Å². The molecule has 232 valence electrons. The van der Waals surface area contributed by atoms with Crippen LogP contribution in [-0.2, 0) is 0 Å². The molecular formula is C32H33F3N10. The molecule has 1 atom stereocenters. The lowest BCUT2D eigenvalue weighted by Crippen LogP contribution is -2.48. The zero-order valence-electron chi connectivity index (χ0n) is 25.3. The molecule has 4 aromatic rings. The molecule has 0 bridgehead atoms. The van der Waals surface area contributed by atoms with Gasteiger partial charge in [-0.2, -0.15) is 9.65 Å². The number of hydrazine groups is 2. The summed E-state index contributed by atoms with van der Waals surface area (Å²) in [7, 11) is 0. The van der Waals surface area contributed by atoms with E-state index in [1.54, 1.807) is 37.8 Å². The maximum absolute atomic E-state index is 14.1. The van der Waals surface area contributed by atoms with Crippen molar-refractivity contribution in [1.82, 2.24) is 35.9 Å². The number of alkyl halides is 2. The fraction of sp³-hybridized carbons (Fsp3) is 0.344. The van der Waals surface area contributed by atoms with Crippen molar-refractivity contribution in [3.8, 4) is 17.2 Å². The quantitative estimate of drug-likeness (QED) is 0.167. The number of nitrogens with one attached hydrogen (secondary N) is 4. The van der Waals surface area contributed by atoms with E-state index in [2.05, 4.69) is 68.4 Å². The number of hydrogen-bond donors (Lipinski definition) is 4. The molecule has 6 rings (SSSR count). The first-order valence-corrected chi connectivity index (χ1v) is 14.6. The minimum absolute atomic E-state index is 0.0802. The Hall–Kier alpha value is -4.96. The van der Waals surface area contributed by atoms with Crippen molar-refractivity contribution in [2.45, 2.75) is 58.5 Å². The second-order valence-electron chi connectivity index (χ2n) is 12.6. The van der Waals surface area contributed by atoms with Gasteiger partial charge < -0.3 is 16.1 Å². The molecular weight excluding hydrogens is 581 g/mol. The Labute approximate surface area is 258 Å². The lowest BCUT2D eigenvalue weighted by Gasteiger charge is -2.25. The summed E-state index contributed by atoms with van der Waals surface area (Å²) in [5.41, 5.74) is 9.89. The maximum atomic E-state index is 14.1. The van der Waals surface area contributed by atoms with Gasteiger partial charge in [0.15, 0.2) is 0 Å². The molecule has 1 fully saturated rings. The second-order valence-corrected chi connectivity index (χ2v) is 12.6. The molecule has 4 heterocycles. The van der Waals surface area contributed by atoms with Crippen LogP contribution in [0.1, 0.15) is 56.5 Å². The first kappa shape index (κ1) is 30.1. The molecule has 45 heavy (non-hydrogen) atoms. The number of nitriles is 1. The van der Waals surface area contributed by atoms with Gasteiger partial charge in [0.05, 0.1) is 28.5 Å². The Balaban J connectivity index is 1.51. The van der Waals surface area contributed by atoms with Gasteiger partial charge in [-0.25, -0.2) is 23.7 Å². The molecule has 1 aromatic carbocycles. The first-order valence-electron chi connectivity index (χ1n) is 14.6. The van der Waals surface area contributed by atoms with E-state index in [-0.39, 0.29) is 5.41 Å². The van der Waals surface area contributed by atoms with Crippen LogP contribution in [0, 0.1) is 29.6 Å². The highest BCUT2D eigenvalue weighted by atomic mass is 19.3. The van der Waals surface area contributed by atoms with Crippen molar-refractivity contribution in [2.24, 2.45) is 5.41 Å². The van der Waals surface area contributed by atoms with Gasteiger partial charge in [0.25, 0.3) is 6.43 Å². The van der Waals surface area contributed by atoms with Crippen LogP contribution in [0.4, 0.5) is 24.5 Å². The summed E-state index contributed by atoms with van der Waals surface area (Å²) in [5, 5.41) is 19.1. The summed E-state index contributed by atoms with van der Waals surface area (Å²) in [6.45, 7) is 8.57. The van der Waals surface area contributed by atoms with Gasteiger partial charge in [-0.1, -0.05) is 26.8 Å². The average molecular weight is 615 g/mol. The highest BCUT2D eigenvalue weighted by Crippen LogP contribution is 2.47. The molecule has 0 radical (unpaired) electrons. The minimum atomic E-state index is -2.54. The number of nitrogens with zero attached hydrogens (tertiary/aromatic N) is 6. The number of hydrogen-bond acceptors (Lipinski definition) is 10. The SMILES string of the molecule is Cc1nc(F)ccc1[C@H](Nc1cc(-c2cncnc2)c2ncc(C#N)c(NCC(C)(C)C)c2c1)C1=CN(C2(C(F)F)CC2)NN1. The standard InChI is InChI=1S/C32H33F3N10/c1-18-22(5-6-26(33)41-18)29(25-15-45(44-43-25)32(7-8-32)30(34)35)42-21-9-23(20-12-37-17-38-13-20)28-24(10-21)27(19(11-36)14-39-28)40-16-31(2,3)4/h5-6,9-10,12-15,17,29-30,42-44H,7-8,16H2,1-4H3,(H,39,40)/t29-/m0/s1.